The van der Waals surface area contributed by atoms with Gasteiger partial charge in [-0.25, -0.2) is 9.78 Å². The molecule has 0 aliphatic rings. The number of aryl methyl sites for hydroxylation is 3. The van der Waals surface area contributed by atoms with Crippen LogP contribution < -0.4 is 16.6 Å². The van der Waals surface area contributed by atoms with Gasteiger partial charge >= 0.3 is 5.69 Å². The quantitative estimate of drug-likeness (QED) is 0.693. The highest BCUT2D eigenvalue weighted by molar-refractivity contribution is 9.10. The Hall–Kier alpha value is -2.68. The number of imidazole rings is 1. The highest BCUT2D eigenvalue weighted by Crippen LogP contribution is 2.20. The van der Waals surface area contributed by atoms with Crippen LogP contribution in [0.15, 0.2) is 38.6 Å². The molecule has 1 aromatic carbocycles. The van der Waals surface area contributed by atoms with Crippen molar-refractivity contribution in [1.29, 1.82) is 0 Å². The average molecular weight is 420 g/mol. The Kier molecular flexibility index (Phi) is 4.82. The number of aromatic nitrogens is 4. The molecule has 1 N–H and O–H groups in total. The molecule has 2 heterocycles. The first-order valence-corrected chi connectivity index (χ1v) is 8.75. The van der Waals surface area contributed by atoms with E-state index in [0.29, 0.717) is 11.2 Å². The minimum Gasteiger partial charge on any atom is -0.326 e. The van der Waals surface area contributed by atoms with Gasteiger partial charge in [0.05, 0.1) is 6.33 Å². The normalized spacial score (nSPS) is 11.1. The summed E-state index contributed by atoms with van der Waals surface area (Å²) >= 11 is 3.39. The smallest absolute Gasteiger partial charge is 0.326 e. The zero-order chi connectivity index (χ0) is 19.0. The van der Waals surface area contributed by atoms with Crippen molar-refractivity contribution in [1.82, 2.24) is 18.7 Å². The number of hydrogen-bond donors (Lipinski definition) is 1. The maximum atomic E-state index is 12.4. The van der Waals surface area contributed by atoms with Gasteiger partial charge in [0.1, 0.15) is 0 Å². The van der Waals surface area contributed by atoms with E-state index in [1.54, 1.807) is 11.6 Å². The van der Waals surface area contributed by atoms with E-state index in [9.17, 15) is 14.4 Å². The molecule has 0 atom stereocenters. The number of anilines is 1. The molecule has 3 aromatic rings. The van der Waals surface area contributed by atoms with Gasteiger partial charge in [-0.05, 0) is 30.7 Å². The lowest BCUT2D eigenvalue weighted by Crippen LogP contribution is -2.37. The molecular weight excluding hydrogens is 402 g/mol. The minimum absolute atomic E-state index is 0.168. The third kappa shape index (κ3) is 3.22. The van der Waals surface area contributed by atoms with Crippen molar-refractivity contribution in [3.05, 3.63) is 55.4 Å². The Morgan fingerprint density at radius 1 is 1.23 bits per heavy atom. The second-order valence-corrected chi connectivity index (χ2v) is 6.99. The molecule has 0 aliphatic heterocycles. The Morgan fingerprint density at radius 2 is 1.96 bits per heavy atom. The van der Waals surface area contributed by atoms with E-state index < -0.39 is 11.2 Å². The molecule has 0 radical (unpaired) electrons. The first-order valence-electron chi connectivity index (χ1n) is 7.96. The van der Waals surface area contributed by atoms with E-state index in [4.69, 9.17) is 0 Å². The summed E-state index contributed by atoms with van der Waals surface area (Å²) < 4.78 is 4.90. The molecule has 9 heteroatoms. The van der Waals surface area contributed by atoms with E-state index >= 15 is 0 Å². The van der Waals surface area contributed by atoms with Gasteiger partial charge in [-0.15, -0.1) is 0 Å². The molecule has 1 amide bonds. The number of amides is 1. The summed E-state index contributed by atoms with van der Waals surface area (Å²) in [5.41, 5.74) is 1.45. The lowest BCUT2D eigenvalue weighted by molar-refractivity contribution is -0.116. The summed E-state index contributed by atoms with van der Waals surface area (Å²) in [5, 5.41) is 2.86. The van der Waals surface area contributed by atoms with Crippen LogP contribution in [0.25, 0.3) is 11.2 Å². The van der Waals surface area contributed by atoms with E-state index in [1.165, 1.54) is 17.9 Å². The Balaban J connectivity index is 1.81. The molecule has 0 spiro atoms. The number of carbonyl (C=O) groups excluding carboxylic acids is 1. The molecule has 0 saturated carbocycles. The third-order valence-corrected chi connectivity index (χ3v) is 4.75. The molecule has 2 aromatic heterocycles. The molecule has 0 unspecified atom stereocenters. The van der Waals surface area contributed by atoms with Gasteiger partial charge < -0.3 is 9.88 Å². The highest BCUT2D eigenvalue weighted by Gasteiger charge is 2.15. The third-order valence-electron chi connectivity index (χ3n) is 4.26. The van der Waals surface area contributed by atoms with Gasteiger partial charge in [-0.3, -0.25) is 18.7 Å². The zero-order valence-electron chi connectivity index (χ0n) is 14.6. The first-order chi connectivity index (χ1) is 12.3. The number of rotatable bonds is 4. The van der Waals surface area contributed by atoms with Crippen LogP contribution in [0.2, 0.25) is 0 Å². The zero-order valence-corrected chi connectivity index (χ0v) is 16.2. The Bertz CT molecular complexity index is 1130. The maximum Gasteiger partial charge on any atom is 0.332 e. The van der Waals surface area contributed by atoms with Crippen molar-refractivity contribution >= 4 is 38.7 Å². The molecule has 26 heavy (non-hydrogen) atoms. The standard InChI is InChI=1S/C17H18BrN5O3/c1-10-8-11(18)4-5-12(10)20-13(24)6-7-23-9-19-15-14(23)16(25)22(3)17(26)21(15)2/h4-5,8-9H,6-7H2,1-3H3,(H,20,24). The predicted molar refractivity (Wildman–Crippen MR) is 102 cm³/mol. The van der Waals surface area contributed by atoms with Crippen LogP contribution in [-0.4, -0.2) is 24.6 Å². The van der Waals surface area contributed by atoms with E-state index in [-0.39, 0.29) is 18.9 Å². The van der Waals surface area contributed by atoms with Gasteiger partial charge in [-0.1, -0.05) is 15.9 Å². The van der Waals surface area contributed by atoms with Gasteiger partial charge in [0.25, 0.3) is 5.56 Å². The molecule has 0 aliphatic carbocycles. The molecular formula is C17H18BrN5O3. The largest absolute Gasteiger partial charge is 0.332 e. The minimum atomic E-state index is -0.434. The Labute approximate surface area is 157 Å². The van der Waals surface area contributed by atoms with E-state index in [1.807, 2.05) is 25.1 Å². The monoisotopic (exact) mass is 419 g/mol. The van der Waals surface area contributed by atoms with Gasteiger partial charge in [0.15, 0.2) is 11.2 Å². The molecule has 8 nitrogen and oxygen atoms in total. The lowest BCUT2D eigenvalue weighted by Gasteiger charge is -2.10. The fourth-order valence-electron chi connectivity index (χ4n) is 2.77. The van der Waals surface area contributed by atoms with Crippen molar-refractivity contribution in [2.45, 2.75) is 19.9 Å². The van der Waals surface area contributed by atoms with Crippen molar-refractivity contribution in [3.8, 4) is 0 Å². The molecule has 0 saturated heterocycles. The van der Waals surface area contributed by atoms with Crippen LogP contribution in [0, 0.1) is 6.92 Å². The van der Waals surface area contributed by atoms with Crippen molar-refractivity contribution in [3.63, 3.8) is 0 Å². The van der Waals surface area contributed by atoms with E-state index in [2.05, 4.69) is 26.2 Å². The van der Waals surface area contributed by atoms with Gasteiger partial charge in [0, 0.05) is 37.2 Å². The summed E-state index contributed by atoms with van der Waals surface area (Å²) in [6.45, 7) is 2.19. The maximum absolute atomic E-state index is 12.4. The fourth-order valence-corrected chi connectivity index (χ4v) is 3.24. The van der Waals surface area contributed by atoms with Crippen molar-refractivity contribution < 1.29 is 4.79 Å². The number of fused-ring (bicyclic) bond motifs is 1. The topological polar surface area (TPSA) is 90.9 Å². The summed E-state index contributed by atoms with van der Waals surface area (Å²) in [4.78, 5) is 40.7. The van der Waals surface area contributed by atoms with Crippen LogP contribution in [-0.2, 0) is 25.4 Å². The van der Waals surface area contributed by atoms with Crippen molar-refractivity contribution in [2.24, 2.45) is 14.1 Å². The molecule has 136 valence electrons. The van der Waals surface area contributed by atoms with Crippen molar-refractivity contribution in [2.75, 3.05) is 5.32 Å². The molecule has 0 bridgehead atoms. The van der Waals surface area contributed by atoms with Gasteiger partial charge in [0.2, 0.25) is 5.91 Å². The summed E-state index contributed by atoms with van der Waals surface area (Å²) in [5.74, 6) is -0.168. The number of carbonyl (C=O) groups is 1. The predicted octanol–water partition coefficient (Wildman–Crippen LogP) is 1.53. The average Bonchev–Trinajstić information content (AvgIpc) is 3.03. The van der Waals surface area contributed by atoms with Crippen LogP contribution in [0.5, 0.6) is 0 Å². The first kappa shape index (κ1) is 18.1. The van der Waals surface area contributed by atoms with Crippen LogP contribution in [0.1, 0.15) is 12.0 Å². The number of nitrogens with zero attached hydrogens (tertiary/aromatic N) is 4. The fraction of sp³-hybridized carbons (Fsp3) is 0.294. The molecule has 0 fully saturated rings. The second kappa shape index (κ2) is 6.91. The van der Waals surface area contributed by atoms with Gasteiger partial charge in [-0.2, -0.15) is 0 Å². The number of halogens is 1. The Morgan fingerprint density at radius 3 is 2.65 bits per heavy atom. The van der Waals surface area contributed by atoms with Crippen LogP contribution in [0.4, 0.5) is 5.69 Å². The summed E-state index contributed by atoms with van der Waals surface area (Å²) in [7, 11) is 2.98. The van der Waals surface area contributed by atoms with E-state index in [0.717, 1.165) is 20.3 Å². The number of nitrogens with one attached hydrogen (secondary N) is 1. The summed E-state index contributed by atoms with van der Waals surface area (Å²) in [6, 6.07) is 5.61. The number of hydrogen-bond acceptors (Lipinski definition) is 4. The van der Waals surface area contributed by atoms with Crippen LogP contribution >= 0.6 is 15.9 Å². The summed E-state index contributed by atoms with van der Waals surface area (Å²) in [6.07, 6.45) is 1.65. The lowest BCUT2D eigenvalue weighted by atomic mass is 10.2. The molecule has 3 rings (SSSR count). The second-order valence-electron chi connectivity index (χ2n) is 6.07. The SMILES string of the molecule is Cc1cc(Br)ccc1NC(=O)CCn1cnc2c1c(=O)n(C)c(=O)n2C. The van der Waals surface area contributed by atoms with Crippen LogP contribution in [0.3, 0.4) is 0 Å². The number of benzene rings is 1. The highest BCUT2D eigenvalue weighted by atomic mass is 79.9.